The van der Waals surface area contributed by atoms with Crippen molar-refractivity contribution in [3.05, 3.63) is 63.4 Å². The number of benzene rings is 2. The Labute approximate surface area is 131 Å². The zero-order valence-corrected chi connectivity index (χ0v) is 13.1. The van der Waals surface area contributed by atoms with Gasteiger partial charge >= 0.3 is 0 Å². The summed E-state index contributed by atoms with van der Waals surface area (Å²) in [6.07, 6.45) is 2.21. The SMILES string of the molecule is OC1CCCc2c(OCc3cc(Br)ccc3F)cccc21. The maximum atomic E-state index is 13.7. The molecule has 110 valence electrons. The van der Waals surface area contributed by atoms with Crippen molar-refractivity contribution in [2.24, 2.45) is 0 Å². The van der Waals surface area contributed by atoms with Crippen LogP contribution in [0.25, 0.3) is 0 Å². The van der Waals surface area contributed by atoms with Crippen molar-refractivity contribution in [3.8, 4) is 5.75 Å². The summed E-state index contributed by atoms with van der Waals surface area (Å²) in [7, 11) is 0. The van der Waals surface area contributed by atoms with E-state index < -0.39 is 6.10 Å². The molecule has 0 amide bonds. The molecule has 0 saturated carbocycles. The van der Waals surface area contributed by atoms with Crippen LogP contribution in [-0.2, 0) is 13.0 Å². The van der Waals surface area contributed by atoms with Gasteiger partial charge in [0.1, 0.15) is 18.2 Å². The molecule has 0 fully saturated rings. The molecule has 1 unspecified atom stereocenters. The highest BCUT2D eigenvalue weighted by Crippen LogP contribution is 2.35. The first-order chi connectivity index (χ1) is 10.1. The van der Waals surface area contributed by atoms with Gasteiger partial charge in [-0.3, -0.25) is 0 Å². The van der Waals surface area contributed by atoms with Crippen molar-refractivity contribution < 1.29 is 14.2 Å². The van der Waals surface area contributed by atoms with Gasteiger partial charge in [0.15, 0.2) is 0 Å². The zero-order valence-electron chi connectivity index (χ0n) is 11.5. The lowest BCUT2D eigenvalue weighted by molar-refractivity contribution is 0.155. The molecule has 2 aromatic carbocycles. The van der Waals surface area contributed by atoms with Crippen molar-refractivity contribution in [1.29, 1.82) is 0 Å². The monoisotopic (exact) mass is 350 g/mol. The second-order valence-corrected chi connectivity index (χ2v) is 6.17. The molecule has 1 aliphatic carbocycles. The molecule has 0 aromatic heterocycles. The second kappa shape index (κ2) is 6.16. The normalized spacial score (nSPS) is 17.4. The van der Waals surface area contributed by atoms with Crippen LogP contribution < -0.4 is 4.74 Å². The number of aliphatic hydroxyl groups excluding tert-OH is 1. The summed E-state index contributed by atoms with van der Waals surface area (Å²) in [6.45, 7) is 0.178. The molecule has 21 heavy (non-hydrogen) atoms. The van der Waals surface area contributed by atoms with E-state index in [1.165, 1.54) is 6.07 Å². The Hall–Kier alpha value is -1.39. The van der Waals surface area contributed by atoms with Crippen LogP contribution in [0.15, 0.2) is 40.9 Å². The maximum Gasteiger partial charge on any atom is 0.129 e. The molecule has 0 aliphatic heterocycles. The summed E-state index contributed by atoms with van der Waals surface area (Å²) in [5.41, 5.74) is 2.50. The number of hydrogen-bond donors (Lipinski definition) is 1. The van der Waals surface area contributed by atoms with E-state index in [1.54, 1.807) is 12.1 Å². The van der Waals surface area contributed by atoms with Gasteiger partial charge in [0, 0.05) is 10.0 Å². The molecular formula is C17H16BrFO2. The van der Waals surface area contributed by atoms with Crippen LogP contribution in [-0.4, -0.2) is 5.11 Å². The summed E-state index contributed by atoms with van der Waals surface area (Å²) < 4.78 is 20.4. The lowest BCUT2D eigenvalue weighted by atomic mass is 9.89. The van der Waals surface area contributed by atoms with Gasteiger partial charge in [-0.05, 0) is 54.7 Å². The average molecular weight is 351 g/mol. The third-order valence-corrected chi connectivity index (χ3v) is 4.32. The molecule has 1 aliphatic rings. The van der Waals surface area contributed by atoms with E-state index >= 15 is 0 Å². The molecule has 1 N–H and O–H groups in total. The maximum absolute atomic E-state index is 13.7. The predicted molar refractivity (Wildman–Crippen MR) is 82.8 cm³/mol. The van der Waals surface area contributed by atoms with E-state index in [0.29, 0.717) is 5.56 Å². The zero-order chi connectivity index (χ0) is 14.8. The number of rotatable bonds is 3. The van der Waals surface area contributed by atoms with Crippen molar-refractivity contribution in [1.82, 2.24) is 0 Å². The van der Waals surface area contributed by atoms with Crippen LogP contribution in [0.1, 0.15) is 35.6 Å². The van der Waals surface area contributed by atoms with Crippen LogP contribution in [0.5, 0.6) is 5.75 Å². The highest BCUT2D eigenvalue weighted by atomic mass is 79.9. The van der Waals surface area contributed by atoms with E-state index in [1.807, 2.05) is 18.2 Å². The Morgan fingerprint density at radius 1 is 1.29 bits per heavy atom. The van der Waals surface area contributed by atoms with Crippen molar-refractivity contribution >= 4 is 15.9 Å². The Balaban J connectivity index is 1.83. The van der Waals surface area contributed by atoms with E-state index in [-0.39, 0.29) is 12.4 Å². The lowest BCUT2D eigenvalue weighted by Crippen LogP contribution is -2.11. The molecule has 1 atom stereocenters. The molecule has 0 saturated heterocycles. The molecule has 3 rings (SSSR count). The summed E-state index contributed by atoms with van der Waals surface area (Å²) in [5.74, 6) is 0.466. The Morgan fingerprint density at radius 2 is 2.14 bits per heavy atom. The molecule has 4 heteroatoms. The minimum absolute atomic E-state index is 0.178. The van der Waals surface area contributed by atoms with E-state index in [9.17, 15) is 9.50 Å². The van der Waals surface area contributed by atoms with Gasteiger partial charge in [-0.2, -0.15) is 0 Å². The summed E-state index contributed by atoms with van der Waals surface area (Å²) >= 11 is 3.34. The summed E-state index contributed by atoms with van der Waals surface area (Å²) in [5, 5.41) is 10.0. The van der Waals surface area contributed by atoms with Gasteiger partial charge in [-0.15, -0.1) is 0 Å². The molecule has 2 nitrogen and oxygen atoms in total. The van der Waals surface area contributed by atoms with Crippen molar-refractivity contribution in [2.45, 2.75) is 32.0 Å². The summed E-state index contributed by atoms with van der Waals surface area (Å²) in [4.78, 5) is 0. The molecule has 0 radical (unpaired) electrons. The summed E-state index contributed by atoms with van der Waals surface area (Å²) in [6, 6.07) is 10.5. The smallest absolute Gasteiger partial charge is 0.129 e. The van der Waals surface area contributed by atoms with Gasteiger partial charge in [-0.25, -0.2) is 4.39 Å². The first kappa shape index (κ1) is 14.5. The van der Waals surface area contributed by atoms with Crippen LogP contribution in [0.4, 0.5) is 4.39 Å². The topological polar surface area (TPSA) is 29.5 Å². The van der Waals surface area contributed by atoms with Gasteiger partial charge in [-0.1, -0.05) is 28.1 Å². The highest BCUT2D eigenvalue weighted by Gasteiger charge is 2.21. The van der Waals surface area contributed by atoms with E-state index in [4.69, 9.17) is 4.74 Å². The fraction of sp³-hybridized carbons (Fsp3) is 0.294. The average Bonchev–Trinajstić information content (AvgIpc) is 2.49. The minimum atomic E-state index is -0.417. The molecule has 0 heterocycles. The van der Waals surface area contributed by atoms with Gasteiger partial charge in [0.05, 0.1) is 6.10 Å². The fourth-order valence-corrected chi connectivity index (χ4v) is 3.14. The van der Waals surface area contributed by atoms with Gasteiger partial charge in [0.2, 0.25) is 0 Å². The molecular weight excluding hydrogens is 335 g/mol. The Bertz CT molecular complexity index is 657. The number of hydrogen-bond acceptors (Lipinski definition) is 2. The van der Waals surface area contributed by atoms with Crippen molar-refractivity contribution in [3.63, 3.8) is 0 Å². The quantitative estimate of drug-likeness (QED) is 0.880. The second-order valence-electron chi connectivity index (χ2n) is 5.26. The van der Waals surface area contributed by atoms with Gasteiger partial charge < -0.3 is 9.84 Å². The minimum Gasteiger partial charge on any atom is -0.489 e. The number of halogens is 2. The highest BCUT2D eigenvalue weighted by molar-refractivity contribution is 9.10. The fourth-order valence-electron chi connectivity index (χ4n) is 2.73. The number of aliphatic hydroxyl groups is 1. The largest absolute Gasteiger partial charge is 0.489 e. The predicted octanol–water partition coefficient (Wildman–Crippen LogP) is 4.54. The molecule has 2 aromatic rings. The van der Waals surface area contributed by atoms with Crippen molar-refractivity contribution in [2.75, 3.05) is 0 Å². The van der Waals surface area contributed by atoms with Crippen LogP contribution >= 0.6 is 15.9 Å². The van der Waals surface area contributed by atoms with Crippen LogP contribution in [0.2, 0.25) is 0 Å². The third kappa shape index (κ3) is 3.11. The molecule has 0 spiro atoms. The first-order valence-corrected chi connectivity index (χ1v) is 7.81. The first-order valence-electron chi connectivity index (χ1n) is 7.02. The third-order valence-electron chi connectivity index (χ3n) is 3.82. The van der Waals surface area contributed by atoms with E-state index in [0.717, 1.165) is 40.6 Å². The van der Waals surface area contributed by atoms with Crippen LogP contribution in [0, 0.1) is 5.82 Å². The lowest BCUT2D eigenvalue weighted by Gasteiger charge is -2.23. The van der Waals surface area contributed by atoms with E-state index in [2.05, 4.69) is 15.9 Å². The number of fused-ring (bicyclic) bond motifs is 1. The Morgan fingerprint density at radius 3 is 3.00 bits per heavy atom. The number of ether oxygens (including phenoxy) is 1. The van der Waals surface area contributed by atoms with Gasteiger partial charge in [0.25, 0.3) is 0 Å². The molecule has 0 bridgehead atoms. The Kier molecular flexibility index (Phi) is 4.27. The standard InChI is InChI=1S/C17H16BrFO2/c18-12-7-8-15(19)11(9-12)10-21-17-6-2-3-13-14(17)4-1-5-16(13)20/h2-3,6-9,16,20H,1,4-5,10H2. The van der Waals surface area contributed by atoms with Crippen LogP contribution in [0.3, 0.4) is 0 Å².